The molecule has 0 fully saturated rings. The summed E-state index contributed by atoms with van der Waals surface area (Å²) in [6.45, 7) is 0.309. The first-order chi connectivity index (χ1) is 16.7. The standard InChI is InChI=1S/C25H21N3O5S/c1-30-19-12-10-18(11-13-19)26-23(29)17-8-6-16(7-9-17)15-34-25-28-27-24(33-25)22-14-31-20-4-2-3-5-21(20)32-22/h2-13,22H,14-15H2,1H3,(H,26,29). The van der Waals surface area contributed by atoms with Crippen LogP contribution in [0.3, 0.4) is 0 Å². The van der Waals surface area contributed by atoms with Crippen molar-refractivity contribution in [2.24, 2.45) is 0 Å². The molecule has 1 aromatic heterocycles. The number of fused-ring (bicyclic) bond motifs is 1. The summed E-state index contributed by atoms with van der Waals surface area (Å²) in [5.41, 5.74) is 2.30. The van der Waals surface area contributed by atoms with Gasteiger partial charge < -0.3 is 23.9 Å². The van der Waals surface area contributed by atoms with Crippen molar-refractivity contribution in [1.29, 1.82) is 0 Å². The van der Waals surface area contributed by atoms with Crippen LogP contribution in [0.4, 0.5) is 5.69 Å². The molecule has 4 aromatic rings. The van der Waals surface area contributed by atoms with Gasteiger partial charge in [0.2, 0.25) is 6.10 Å². The van der Waals surface area contributed by atoms with Gasteiger partial charge in [0.1, 0.15) is 12.4 Å². The zero-order valence-corrected chi connectivity index (χ0v) is 19.1. The average molecular weight is 476 g/mol. The number of para-hydroxylation sites is 2. The zero-order valence-electron chi connectivity index (χ0n) is 18.3. The molecule has 9 heteroatoms. The van der Waals surface area contributed by atoms with Crippen LogP contribution in [-0.2, 0) is 5.75 Å². The van der Waals surface area contributed by atoms with Crippen LogP contribution in [0.2, 0.25) is 0 Å². The molecule has 0 saturated carbocycles. The Kier molecular flexibility index (Phi) is 6.35. The molecule has 0 aliphatic carbocycles. The Bertz CT molecular complexity index is 1270. The molecule has 8 nitrogen and oxygen atoms in total. The number of methoxy groups -OCH3 is 1. The van der Waals surface area contributed by atoms with Crippen molar-refractivity contribution in [3.63, 3.8) is 0 Å². The van der Waals surface area contributed by atoms with Crippen molar-refractivity contribution in [3.8, 4) is 17.2 Å². The molecular formula is C25H21N3O5S. The Morgan fingerprint density at radius 3 is 2.56 bits per heavy atom. The van der Waals surface area contributed by atoms with Crippen molar-refractivity contribution in [2.75, 3.05) is 19.0 Å². The second kappa shape index (κ2) is 9.88. The average Bonchev–Trinajstić information content (AvgIpc) is 3.37. The Balaban J connectivity index is 1.15. The highest BCUT2D eigenvalue weighted by Crippen LogP contribution is 2.36. The first-order valence-electron chi connectivity index (χ1n) is 10.6. The lowest BCUT2D eigenvalue weighted by Crippen LogP contribution is -2.21. The quantitative estimate of drug-likeness (QED) is 0.367. The van der Waals surface area contributed by atoms with Gasteiger partial charge in [-0.2, -0.15) is 0 Å². The summed E-state index contributed by atoms with van der Waals surface area (Å²) in [6, 6.07) is 22.0. The van der Waals surface area contributed by atoms with Crippen molar-refractivity contribution in [3.05, 3.63) is 89.8 Å². The molecule has 1 aliphatic heterocycles. The van der Waals surface area contributed by atoms with Crippen LogP contribution >= 0.6 is 11.8 Å². The number of ether oxygens (including phenoxy) is 3. The van der Waals surface area contributed by atoms with Crippen LogP contribution in [0.25, 0.3) is 0 Å². The van der Waals surface area contributed by atoms with Gasteiger partial charge in [-0.25, -0.2) is 0 Å². The van der Waals surface area contributed by atoms with E-state index in [0.717, 1.165) is 11.3 Å². The first kappa shape index (κ1) is 21.8. The summed E-state index contributed by atoms with van der Waals surface area (Å²) < 4.78 is 22.5. The molecule has 34 heavy (non-hydrogen) atoms. The minimum Gasteiger partial charge on any atom is -0.497 e. The Labute approximate surface area is 200 Å². The topological polar surface area (TPSA) is 95.7 Å². The number of carbonyl (C=O) groups is 1. The number of hydrogen-bond donors (Lipinski definition) is 1. The first-order valence-corrected chi connectivity index (χ1v) is 11.6. The predicted molar refractivity (Wildman–Crippen MR) is 127 cm³/mol. The Hall–Kier alpha value is -3.98. The van der Waals surface area contributed by atoms with E-state index in [0.29, 0.717) is 46.2 Å². The largest absolute Gasteiger partial charge is 0.497 e. The molecule has 1 amide bonds. The Morgan fingerprint density at radius 2 is 1.79 bits per heavy atom. The van der Waals surface area contributed by atoms with Crippen LogP contribution in [0.1, 0.15) is 27.9 Å². The molecule has 1 unspecified atom stereocenters. The lowest BCUT2D eigenvalue weighted by atomic mass is 10.1. The molecule has 3 aromatic carbocycles. The highest BCUT2D eigenvalue weighted by atomic mass is 32.2. The number of nitrogens with one attached hydrogen (secondary N) is 1. The molecule has 1 atom stereocenters. The van der Waals surface area contributed by atoms with Crippen molar-refractivity contribution < 1.29 is 23.4 Å². The number of benzene rings is 3. The molecule has 0 spiro atoms. The molecule has 2 heterocycles. The van der Waals surface area contributed by atoms with Crippen molar-refractivity contribution >= 4 is 23.4 Å². The molecule has 1 N–H and O–H groups in total. The number of anilines is 1. The maximum atomic E-state index is 12.5. The fourth-order valence-electron chi connectivity index (χ4n) is 3.33. The van der Waals surface area contributed by atoms with Crippen LogP contribution in [-0.4, -0.2) is 29.8 Å². The minimum absolute atomic E-state index is 0.179. The summed E-state index contributed by atoms with van der Waals surface area (Å²) in [7, 11) is 1.60. The van der Waals surface area contributed by atoms with Gasteiger partial charge in [0, 0.05) is 17.0 Å². The van der Waals surface area contributed by atoms with Gasteiger partial charge >= 0.3 is 0 Å². The van der Waals surface area contributed by atoms with Gasteiger partial charge in [-0.1, -0.05) is 36.0 Å². The van der Waals surface area contributed by atoms with Crippen LogP contribution in [0.5, 0.6) is 17.2 Å². The molecule has 0 saturated heterocycles. The monoisotopic (exact) mass is 475 g/mol. The van der Waals surface area contributed by atoms with E-state index >= 15 is 0 Å². The number of hydrogen-bond acceptors (Lipinski definition) is 8. The van der Waals surface area contributed by atoms with E-state index in [9.17, 15) is 4.79 Å². The van der Waals surface area contributed by atoms with Gasteiger partial charge in [-0.3, -0.25) is 4.79 Å². The normalized spacial score (nSPS) is 14.4. The van der Waals surface area contributed by atoms with E-state index in [-0.39, 0.29) is 5.91 Å². The highest BCUT2D eigenvalue weighted by molar-refractivity contribution is 7.98. The van der Waals surface area contributed by atoms with Crippen LogP contribution < -0.4 is 19.5 Å². The van der Waals surface area contributed by atoms with Crippen LogP contribution in [0, 0.1) is 0 Å². The van der Waals surface area contributed by atoms with Crippen LogP contribution in [0.15, 0.2) is 82.4 Å². The zero-order chi connectivity index (χ0) is 23.3. The predicted octanol–water partition coefficient (Wildman–Crippen LogP) is 5.14. The van der Waals surface area contributed by atoms with E-state index < -0.39 is 6.10 Å². The van der Waals surface area contributed by atoms with E-state index in [1.54, 1.807) is 43.5 Å². The van der Waals surface area contributed by atoms with E-state index in [2.05, 4.69) is 15.5 Å². The van der Waals surface area contributed by atoms with Gasteiger partial charge in [0.25, 0.3) is 17.0 Å². The SMILES string of the molecule is COc1ccc(NC(=O)c2ccc(CSc3nnc(C4COc5ccccc5O4)o3)cc2)cc1. The van der Waals surface area contributed by atoms with Gasteiger partial charge in [-0.15, -0.1) is 10.2 Å². The third-order valence-corrected chi connectivity index (χ3v) is 6.02. The van der Waals surface area contributed by atoms with E-state index in [1.165, 1.54) is 11.8 Å². The van der Waals surface area contributed by atoms with Gasteiger partial charge in [0.05, 0.1) is 7.11 Å². The lowest BCUT2D eigenvalue weighted by Gasteiger charge is -2.23. The van der Waals surface area contributed by atoms with Gasteiger partial charge in [-0.05, 0) is 54.1 Å². The second-order valence-corrected chi connectivity index (χ2v) is 8.37. The third-order valence-electron chi connectivity index (χ3n) is 5.13. The number of amides is 1. The minimum atomic E-state index is -0.444. The highest BCUT2D eigenvalue weighted by Gasteiger charge is 2.27. The molecule has 172 valence electrons. The number of rotatable bonds is 7. The number of carbonyl (C=O) groups excluding carboxylic acids is 1. The molecule has 5 rings (SSSR count). The summed E-state index contributed by atoms with van der Waals surface area (Å²) >= 11 is 1.42. The molecule has 1 aliphatic rings. The number of nitrogens with zero attached hydrogens (tertiary/aromatic N) is 2. The molecule has 0 radical (unpaired) electrons. The smallest absolute Gasteiger partial charge is 0.277 e. The summed E-state index contributed by atoms with van der Waals surface area (Å²) in [4.78, 5) is 12.5. The van der Waals surface area contributed by atoms with Gasteiger partial charge in [0.15, 0.2) is 11.5 Å². The number of aromatic nitrogens is 2. The number of thioether (sulfide) groups is 1. The summed E-state index contributed by atoms with van der Waals surface area (Å²) in [5, 5.41) is 11.5. The fraction of sp³-hybridized carbons (Fsp3) is 0.160. The molecular weight excluding hydrogens is 454 g/mol. The van der Waals surface area contributed by atoms with E-state index in [1.807, 2.05) is 36.4 Å². The second-order valence-electron chi connectivity index (χ2n) is 7.44. The maximum absolute atomic E-state index is 12.5. The maximum Gasteiger partial charge on any atom is 0.277 e. The van der Waals surface area contributed by atoms with Crippen molar-refractivity contribution in [1.82, 2.24) is 10.2 Å². The van der Waals surface area contributed by atoms with E-state index in [4.69, 9.17) is 18.6 Å². The van der Waals surface area contributed by atoms with Crippen molar-refractivity contribution in [2.45, 2.75) is 17.1 Å². The molecule has 0 bridgehead atoms. The summed E-state index contributed by atoms with van der Waals surface area (Å²) in [5.74, 6) is 2.91. The third kappa shape index (κ3) is 4.99. The Morgan fingerprint density at radius 1 is 1.03 bits per heavy atom. The lowest BCUT2D eigenvalue weighted by molar-refractivity contribution is 0.0686. The fourth-order valence-corrected chi connectivity index (χ4v) is 4.05. The summed E-state index contributed by atoms with van der Waals surface area (Å²) in [6.07, 6.45) is -0.444.